The van der Waals surface area contributed by atoms with E-state index in [0.29, 0.717) is 41.5 Å². The van der Waals surface area contributed by atoms with Crippen LogP contribution in [0.15, 0.2) is 39.6 Å². The van der Waals surface area contributed by atoms with Gasteiger partial charge >= 0.3 is 0 Å². The Morgan fingerprint density at radius 3 is 2.71 bits per heavy atom. The number of ether oxygens (including phenoxy) is 1. The molecule has 4 heterocycles. The van der Waals surface area contributed by atoms with Crippen LogP contribution in [0.3, 0.4) is 0 Å². The number of pyridine rings is 1. The molecule has 4 aromatic rings. The van der Waals surface area contributed by atoms with E-state index in [1.807, 2.05) is 26.0 Å². The van der Waals surface area contributed by atoms with Gasteiger partial charge < -0.3 is 23.9 Å². The fourth-order valence-electron chi connectivity index (χ4n) is 5.35. The van der Waals surface area contributed by atoms with Gasteiger partial charge in [0.15, 0.2) is 5.60 Å². The maximum absolute atomic E-state index is 12.6. The molecule has 3 aromatic heterocycles. The molecule has 1 saturated heterocycles. The number of aryl methyl sites for hydroxylation is 2. The molecule has 0 bridgehead atoms. The Hall–Kier alpha value is -3.23. The molecule has 0 radical (unpaired) electrons. The van der Waals surface area contributed by atoms with Crippen molar-refractivity contribution in [1.82, 2.24) is 19.7 Å². The van der Waals surface area contributed by atoms with Gasteiger partial charge in [-0.2, -0.15) is 0 Å². The first-order valence-corrected chi connectivity index (χ1v) is 11.9. The van der Waals surface area contributed by atoms with Gasteiger partial charge in [-0.05, 0) is 63.3 Å². The Kier molecular flexibility index (Phi) is 4.79. The Bertz CT molecular complexity index is 1440. The second-order valence-electron chi connectivity index (χ2n) is 9.59. The number of aromatic nitrogens is 4. The topological polar surface area (TPSA) is 106 Å². The minimum Gasteiger partial charge on any atom is -0.376 e. The Morgan fingerprint density at radius 1 is 1.21 bits per heavy atom. The third kappa shape index (κ3) is 3.16. The molecule has 0 amide bonds. The largest absolute Gasteiger partial charge is 0.376 e. The number of aromatic amines is 1. The first-order chi connectivity index (χ1) is 16.4. The summed E-state index contributed by atoms with van der Waals surface area (Å²) in [6.45, 7) is 4.36. The molecule has 1 aromatic carbocycles. The molecular formula is C26H28N4O4. The van der Waals surface area contributed by atoms with Crippen molar-refractivity contribution in [2.75, 3.05) is 6.61 Å². The van der Waals surface area contributed by atoms with Crippen molar-refractivity contribution in [1.29, 1.82) is 0 Å². The predicted octanol–water partition coefficient (Wildman–Crippen LogP) is 3.83. The number of fused-ring (bicyclic) bond motifs is 1. The first kappa shape index (κ1) is 21.3. The molecule has 2 unspecified atom stereocenters. The first-order valence-electron chi connectivity index (χ1n) is 11.9. The minimum atomic E-state index is -1.57. The highest BCUT2D eigenvalue weighted by Crippen LogP contribution is 2.45. The van der Waals surface area contributed by atoms with E-state index >= 15 is 0 Å². The van der Waals surface area contributed by atoms with E-state index in [-0.39, 0.29) is 5.56 Å². The summed E-state index contributed by atoms with van der Waals surface area (Å²) in [4.78, 5) is 21.1. The summed E-state index contributed by atoms with van der Waals surface area (Å²) in [5, 5.41) is 16.7. The number of benzene rings is 1. The lowest BCUT2D eigenvalue weighted by molar-refractivity contribution is -0.0656. The number of aliphatic hydroxyl groups is 1. The molecule has 2 atom stereocenters. The summed E-state index contributed by atoms with van der Waals surface area (Å²) in [6.07, 6.45) is 3.22. The molecule has 8 heteroatoms. The van der Waals surface area contributed by atoms with Crippen molar-refractivity contribution < 1.29 is 14.4 Å². The maximum Gasteiger partial charge on any atom is 0.250 e. The highest BCUT2D eigenvalue weighted by molar-refractivity contribution is 5.87. The fourth-order valence-corrected chi connectivity index (χ4v) is 5.35. The lowest BCUT2D eigenvalue weighted by atomic mass is 9.81. The number of H-pyrrole nitrogens is 1. The van der Waals surface area contributed by atoms with Crippen LogP contribution in [0.25, 0.3) is 22.2 Å². The van der Waals surface area contributed by atoms with Crippen molar-refractivity contribution in [3.63, 3.8) is 0 Å². The molecular weight excluding hydrogens is 432 g/mol. The zero-order chi connectivity index (χ0) is 23.6. The summed E-state index contributed by atoms with van der Waals surface area (Å²) in [6, 6.07) is 8.99. The molecule has 6 rings (SSSR count). The average molecular weight is 461 g/mol. The van der Waals surface area contributed by atoms with Gasteiger partial charge in [0.25, 0.3) is 5.56 Å². The van der Waals surface area contributed by atoms with Crippen molar-refractivity contribution in [3.05, 3.63) is 69.2 Å². The minimum absolute atomic E-state index is 0.187. The van der Waals surface area contributed by atoms with Crippen LogP contribution in [0.4, 0.5) is 0 Å². The normalized spacial score (nSPS) is 20.2. The van der Waals surface area contributed by atoms with Crippen molar-refractivity contribution in [2.45, 2.75) is 57.2 Å². The zero-order valence-corrected chi connectivity index (χ0v) is 19.6. The summed E-state index contributed by atoms with van der Waals surface area (Å²) in [5.74, 6) is 2.06. The SMILES string of the molecule is Cc1noc(C)c1-c1cc(C(O)(c2cccc(=O)n2C)C2CCCO2)c2nc(C3CC3)[nH]c2c1. The molecule has 1 aliphatic heterocycles. The van der Waals surface area contributed by atoms with Crippen LogP contribution >= 0.6 is 0 Å². The third-order valence-corrected chi connectivity index (χ3v) is 7.27. The van der Waals surface area contributed by atoms with Gasteiger partial charge in [0.05, 0.1) is 28.5 Å². The predicted molar refractivity (Wildman–Crippen MR) is 127 cm³/mol. The summed E-state index contributed by atoms with van der Waals surface area (Å²) in [5.41, 5.74) is 3.43. The van der Waals surface area contributed by atoms with Crippen molar-refractivity contribution in [2.24, 2.45) is 7.05 Å². The van der Waals surface area contributed by atoms with Crippen LogP contribution in [0, 0.1) is 13.8 Å². The van der Waals surface area contributed by atoms with Gasteiger partial charge in [0.2, 0.25) is 0 Å². The standard InChI is InChI=1S/C26H28N4O4/c1-14-23(15(2)34-29-14)17-12-18(24-19(13-17)27-25(28-24)16-9-10-16)26(32,21-7-5-11-33-21)20-6-4-8-22(31)30(20)3/h4,6,8,12-13,16,21,32H,5,7,9-11H2,1-3H3,(H,27,28). The van der Waals surface area contributed by atoms with Crippen molar-refractivity contribution in [3.8, 4) is 11.1 Å². The molecule has 1 aliphatic carbocycles. The van der Waals surface area contributed by atoms with Gasteiger partial charge in [-0.3, -0.25) is 4.79 Å². The van der Waals surface area contributed by atoms with Gasteiger partial charge in [-0.1, -0.05) is 11.2 Å². The van der Waals surface area contributed by atoms with Crippen LogP contribution in [-0.2, 0) is 17.4 Å². The number of hydrogen-bond donors (Lipinski definition) is 2. The van der Waals surface area contributed by atoms with E-state index in [0.717, 1.165) is 47.4 Å². The number of nitrogens with zero attached hydrogens (tertiary/aromatic N) is 3. The molecule has 34 heavy (non-hydrogen) atoms. The van der Waals surface area contributed by atoms with E-state index in [2.05, 4.69) is 10.1 Å². The van der Waals surface area contributed by atoms with Crippen LogP contribution < -0.4 is 5.56 Å². The molecule has 2 N–H and O–H groups in total. The highest BCUT2D eigenvalue weighted by atomic mass is 16.5. The van der Waals surface area contributed by atoms with E-state index in [9.17, 15) is 9.90 Å². The molecule has 8 nitrogen and oxygen atoms in total. The second kappa shape index (κ2) is 7.65. The summed E-state index contributed by atoms with van der Waals surface area (Å²) in [7, 11) is 1.69. The Labute approximate surface area is 196 Å². The molecule has 0 spiro atoms. The number of hydrogen-bond acceptors (Lipinski definition) is 6. The maximum atomic E-state index is 12.6. The van der Waals surface area contributed by atoms with Crippen molar-refractivity contribution >= 4 is 11.0 Å². The fraction of sp³-hybridized carbons (Fsp3) is 0.423. The van der Waals surface area contributed by atoms with E-state index in [1.54, 1.807) is 19.2 Å². The number of rotatable bonds is 5. The molecule has 176 valence electrons. The summed E-state index contributed by atoms with van der Waals surface area (Å²) >= 11 is 0. The lowest BCUT2D eigenvalue weighted by Crippen LogP contribution is -2.44. The van der Waals surface area contributed by atoms with Crippen LogP contribution in [0.5, 0.6) is 0 Å². The van der Waals surface area contributed by atoms with E-state index in [4.69, 9.17) is 14.2 Å². The van der Waals surface area contributed by atoms with Gasteiger partial charge in [-0.25, -0.2) is 4.98 Å². The average Bonchev–Trinajstić information content (AvgIpc) is 3.19. The number of nitrogens with one attached hydrogen (secondary N) is 1. The van der Waals surface area contributed by atoms with E-state index in [1.165, 1.54) is 10.6 Å². The highest BCUT2D eigenvalue weighted by Gasteiger charge is 2.46. The van der Waals surface area contributed by atoms with Crippen LogP contribution in [0.2, 0.25) is 0 Å². The Morgan fingerprint density at radius 2 is 2.03 bits per heavy atom. The quantitative estimate of drug-likeness (QED) is 0.469. The van der Waals surface area contributed by atoms with Crippen LogP contribution in [0.1, 0.15) is 60.1 Å². The Balaban J connectivity index is 1.69. The lowest BCUT2D eigenvalue weighted by Gasteiger charge is -2.35. The molecule has 1 saturated carbocycles. The second-order valence-corrected chi connectivity index (χ2v) is 9.59. The molecule has 2 fully saturated rings. The number of imidazole rings is 1. The van der Waals surface area contributed by atoms with Crippen LogP contribution in [-0.4, -0.2) is 37.5 Å². The van der Waals surface area contributed by atoms with Gasteiger partial charge in [0.1, 0.15) is 11.6 Å². The third-order valence-electron chi connectivity index (χ3n) is 7.27. The smallest absolute Gasteiger partial charge is 0.250 e. The monoisotopic (exact) mass is 460 g/mol. The summed E-state index contributed by atoms with van der Waals surface area (Å²) < 4.78 is 13.0. The van der Waals surface area contributed by atoms with E-state index < -0.39 is 11.7 Å². The van der Waals surface area contributed by atoms with Gasteiger partial charge in [-0.15, -0.1) is 0 Å². The zero-order valence-electron chi connectivity index (χ0n) is 19.6. The van der Waals surface area contributed by atoms with Gasteiger partial charge in [0, 0.05) is 36.8 Å². The molecule has 2 aliphatic rings.